The summed E-state index contributed by atoms with van der Waals surface area (Å²) in [5, 5.41) is 7.41. The third-order valence-electron chi connectivity index (χ3n) is 4.41. The molecule has 6 heteroatoms. The quantitative estimate of drug-likeness (QED) is 0.672. The summed E-state index contributed by atoms with van der Waals surface area (Å²) in [6.07, 6.45) is 1.83. The fourth-order valence-electron chi connectivity index (χ4n) is 3.08. The zero-order valence-electron chi connectivity index (χ0n) is 14.7. The molecule has 0 saturated heterocycles. The molecule has 0 aliphatic heterocycles. The maximum atomic E-state index is 5.41. The first-order chi connectivity index (χ1) is 12.8. The van der Waals surface area contributed by atoms with Crippen LogP contribution in [0.5, 0.6) is 11.5 Å². The Labute approximate surface area is 156 Å². The first-order valence-corrected chi connectivity index (χ1v) is 9.25. The molecule has 2 aromatic carbocycles. The summed E-state index contributed by atoms with van der Waals surface area (Å²) in [6.45, 7) is 0. The van der Waals surface area contributed by atoms with Crippen LogP contribution in [0.15, 0.2) is 52.9 Å². The summed E-state index contributed by atoms with van der Waals surface area (Å²) in [5.74, 6) is 1.48. The van der Waals surface area contributed by atoms with Crippen molar-refractivity contribution in [1.29, 1.82) is 0 Å². The van der Waals surface area contributed by atoms with E-state index in [1.165, 1.54) is 5.56 Å². The fraction of sp³-hybridized carbons (Fsp3) is 0.200. The van der Waals surface area contributed by atoms with Crippen molar-refractivity contribution >= 4 is 22.2 Å². The summed E-state index contributed by atoms with van der Waals surface area (Å²) < 4.78 is 10.8. The third-order valence-corrected chi connectivity index (χ3v) is 5.16. The normalized spacial score (nSPS) is 14.3. The molecular formula is C20H19N3O2S. The summed E-state index contributed by atoms with van der Waals surface area (Å²) in [5.41, 5.74) is 8.51. The number of hydrogen-bond donors (Lipinski definition) is 1. The van der Waals surface area contributed by atoms with Gasteiger partial charge in [0.2, 0.25) is 5.13 Å². The number of nitrogens with one attached hydrogen (secondary N) is 1. The van der Waals surface area contributed by atoms with Crippen LogP contribution in [-0.2, 0) is 6.42 Å². The second-order valence-corrected chi connectivity index (χ2v) is 6.80. The lowest BCUT2D eigenvalue weighted by molar-refractivity contribution is 0.354. The summed E-state index contributed by atoms with van der Waals surface area (Å²) in [4.78, 5) is 4.61. The molecule has 0 atom stereocenters. The number of hydrazone groups is 1. The highest BCUT2D eigenvalue weighted by Gasteiger charge is 2.21. The largest absolute Gasteiger partial charge is 0.493 e. The van der Waals surface area contributed by atoms with Gasteiger partial charge in [0.25, 0.3) is 0 Å². The van der Waals surface area contributed by atoms with Gasteiger partial charge in [-0.15, -0.1) is 11.3 Å². The first-order valence-electron chi connectivity index (χ1n) is 8.37. The van der Waals surface area contributed by atoms with Gasteiger partial charge in [-0.2, -0.15) is 5.10 Å². The molecule has 0 radical (unpaired) electrons. The van der Waals surface area contributed by atoms with Crippen LogP contribution in [0.2, 0.25) is 0 Å². The highest BCUT2D eigenvalue weighted by atomic mass is 32.1. The lowest BCUT2D eigenvalue weighted by Crippen LogP contribution is -2.01. The summed E-state index contributed by atoms with van der Waals surface area (Å²) in [6, 6.07) is 14.2. The SMILES string of the molecule is COc1cc2c(cc1OC)/C(=N/Nc1nc(-c3ccccc3)cs1)CC2. The second kappa shape index (κ2) is 7.17. The molecule has 26 heavy (non-hydrogen) atoms. The Bertz CT molecular complexity index is 951. The average Bonchev–Trinajstić information content (AvgIpc) is 3.32. The van der Waals surface area contributed by atoms with E-state index in [0.717, 1.165) is 52.0 Å². The Hall–Kier alpha value is -2.86. The maximum Gasteiger partial charge on any atom is 0.203 e. The number of ether oxygens (including phenoxy) is 2. The van der Waals surface area contributed by atoms with Crippen LogP contribution in [0.1, 0.15) is 17.5 Å². The Kier molecular flexibility index (Phi) is 4.58. The van der Waals surface area contributed by atoms with Gasteiger partial charge < -0.3 is 9.47 Å². The van der Waals surface area contributed by atoms with E-state index in [4.69, 9.17) is 9.47 Å². The number of fused-ring (bicyclic) bond motifs is 1. The van der Waals surface area contributed by atoms with Crippen LogP contribution < -0.4 is 14.9 Å². The molecule has 0 spiro atoms. The van der Waals surface area contributed by atoms with Gasteiger partial charge in [-0.05, 0) is 30.5 Å². The van der Waals surface area contributed by atoms with Crippen molar-refractivity contribution in [2.45, 2.75) is 12.8 Å². The van der Waals surface area contributed by atoms with Crippen LogP contribution in [0.25, 0.3) is 11.3 Å². The molecule has 1 N–H and O–H groups in total. The van der Waals surface area contributed by atoms with E-state index in [-0.39, 0.29) is 0 Å². The van der Waals surface area contributed by atoms with Crippen LogP contribution in [0, 0.1) is 0 Å². The van der Waals surface area contributed by atoms with Gasteiger partial charge in [0, 0.05) is 16.5 Å². The van der Waals surface area contributed by atoms with Crippen LogP contribution >= 0.6 is 11.3 Å². The summed E-state index contributed by atoms with van der Waals surface area (Å²) >= 11 is 1.55. The van der Waals surface area contributed by atoms with Crippen molar-refractivity contribution < 1.29 is 9.47 Å². The van der Waals surface area contributed by atoms with Gasteiger partial charge in [0.1, 0.15) is 0 Å². The van der Waals surface area contributed by atoms with Crippen molar-refractivity contribution in [1.82, 2.24) is 4.98 Å². The van der Waals surface area contributed by atoms with E-state index >= 15 is 0 Å². The zero-order valence-corrected chi connectivity index (χ0v) is 15.5. The van der Waals surface area contributed by atoms with E-state index in [9.17, 15) is 0 Å². The van der Waals surface area contributed by atoms with E-state index in [1.54, 1.807) is 25.6 Å². The Morgan fingerprint density at radius 1 is 1.04 bits per heavy atom. The average molecular weight is 365 g/mol. The molecular weight excluding hydrogens is 346 g/mol. The number of aromatic nitrogens is 1. The topological polar surface area (TPSA) is 55.7 Å². The molecule has 132 valence electrons. The van der Waals surface area contributed by atoms with E-state index in [0.29, 0.717) is 0 Å². The van der Waals surface area contributed by atoms with E-state index < -0.39 is 0 Å². The molecule has 4 rings (SSSR count). The predicted molar refractivity (Wildman–Crippen MR) is 106 cm³/mol. The molecule has 0 saturated carbocycles. The van der Waals surface area contributed by atoms with E-state index in [2.05, 4.69) is 27.6 Å². The number of nitrogens with zero attached hydrogens (tertiary/aromatic N) is 2. The molecule has 3 aromatic rings. The van der Waals surface area contributed by atoms with Gasteiger partial charge in [-0.1, -0.05) is 30.3 Å². The first kappa shape index (κ1) is 16.6. The maximum absolute atomic E-state index is 5.41. The number of anilines is 1. The molecule has 5 nitrogen and oxygen atoms in total. The van der Waals surface area contributed by atoms with Crippen molar-refractivity contribution in [3.05, 3.63) is 59.0 Å². The number of thiazole rings is 1. The smallest absolute Gasteiger partial charge is 0.203 e. The minimum Gasteiger partial charge on any atom is -0.493 e. The summed E-state index contributed by atoms with van der Waals surface area (Å²) in [7, 11) is 3.30. The molecule has 1 aromatic heterocycles. The fourth-order valence-corrected chi connectivity index (χ4v) is 3.74. The molecule has 0 fully saturated rings. The molecule has 1 aliphatic carbocycles. The number of methoxy groups -OCH3 is 2. The van der Waals surface area contributed by atoms with Crippen molar-refractivity contribution in [2.24, 2.45) is 5.10 Å². The minimum atomic E-state index is 0.724. The lowest BCUT2D eigenvalue weighted by Gasteiger charge is -2.10. The van der Waals surface area contributed by atoms with E-state index in [1.807, 2.05) is 35.7 Å². The van der Waals surface area contributed by atoms with Gasteiger partial charge in [0.15, 0.2) is 11.5 Å². The van der Waals surface area contributed by atoms with Crippen molar-refractivity contribution in [3.8, 4) is 22.8 Å². The lowest BCUT2D eigenvalue weighted by atomic mass is 10.1. The van der Waals surface area contributed by atoms with Gasteiger partial charge in [0.05, 0.1) is 25.6 Å². The van der Waals surface area contributed by atoms with Crippen LogP contribution in [0.4, 0.5) is 5.13 Å². The number of rotatable bonds is 5. The highest BCUT2D eigenvalue weighted by Crippen LogP contribution is 2.35. The van der Waals surface area contributed by atoms with Gasteiger partial charge in [-0.25, -0.2) is 4.98 Å². The molecule has 0 amide bonds. The predicted octanol–water partition coefficient (Wildman–Crippen LogP) is 4.59. The number of benzene rings is 2. The molecule has 1 heterocycles. The zero-order chi connectivity index (χ0) is 17.9. The van der Waals surface area contributed by atoms with Crippen LogP contribution in [0.3, 0.4) is 0 Å². The monoisotopic (exact) mass is 365 g/mol. The van der Waals surface area contributed by atoms with Crippen LogP contribution in [-0.4, -0.2) is 24.9 Å². The molecule has 1 aliphatic rings. The van der Waals surface area contributed by atoms with Gasteiger partial charge in [-0.3, -0.25) is 5.43 Å². The molecule has 0 unspecified atom stereocenters. The van der Waals surface area contributed by atoms with Gasteiger partial charge >= 0.3 is 0 Å². The number of hydrogen-bond acceptors (Lipinski definition) is 6. The minimum absolute atomic E-state index is 0.724. The third kappa shape index (κ3) is 3.15. The standard InChI is InChI=1S/C20H19N3O2S/c1-24-18-10-14-8-9-16(15(14)11-19(18)25-2)22-23-20-21-17(12-26-20)13-6-4-3-5-7-13/h3-7,10-12H,8-9H2,1-2H3,(H,21,23)/b22-16+. The Morgan fingerprint density at radius 3 is 2.58 bits per heavy atom. The second-order valence-electron chi connectivity index (χ2n) is 5.94. The highest BCUT2D eigenvalue weighted by molar-refractivity contribution is 7.14. The number of aryl methyl sites for hydroxylation is 1. The molecule has 0 bridgehead atoms. The van der Waals surface area contributed by atoms with Crippen molar-refractivity contribution in [2.75, 3.05) is 19.6 Å². The van der Waals surface area contributed by atoms with Crippen molar-refractivity contribution in [3.63, 3.8) is 0 Å². The Morgan fingerprint density at radius 2 is 1.81 bits per heavy atom. The Balaban J connectivity index is 1.56.